The first-order valence-electron chi connectivity index (χ1n) is 10.1. The highest BCUT2D eigenvalue weighted by molar-refractivity contribution is 8.22. The summed E-state index contributed by atoms with van der Waals surface area (Å²) in [5.41, 5.74) is 0. The lowest BCUT2D eigenvalue weighted by molar-refractivity contribution is 0.563. The molecule has 0 heterocycles. The molecule has 1 nitrogen and oxygen atoms in total. The highest BCUT2D eigenvalue weighted by Gasteiger charge is 2.03. The molecule has 3 heteroatoms. The third-order valence-electron chi connectivity index (χ3n) is 4.64. The quantitative estimate of drug-likeness (QED) is 0.268. The van der Waals surface area contributed by atoms with Gasteiger partial charge in [0, 0.05) is 5.75 Å². The van der Waals surface area contributed by atoms with E-state index in [9.17, 15) is 0 Å². The lowest BCUT2D eigenvalue weighted by atomic mass is 10.1. The van der Waals surface area contributed by atoms with Crippen LogP contribution in [0.1, 0.15) is 71.1 Å². The van der Waals surface area contributed by atoms with Crippen molar-refractivity contribution in [3.8, 4) is 5.75 Å². The monoisotopic (exact) mass is 388 g/mol. The first kappa shape index (κ1) is 21.2. The van der Waals surface area contributed by atoms with E-state index in [0.717, 1.165) is 11.5 Å². The summed E-state index contributed by atoms with van der Waals surface area (Å²) in [5, 5.41) is 2.41. The third kappa shape index (κ3) is 8.55. The fourth-order valence-corrected chi connectivity index (χ4v) is 4.12. The Hall–Kier alpha value is -1.06. The summed E-state index contributed by atoms with van der Waals surface area (Å²) in [7, 11) is 0. The number of rotatable bonds is 12. The van der Waals surface area contributed by atoms with E-state index in [-0.39, 0.29) is 0 Å². The number of ether oxygens (including phenoxy) is 1. The van der Waals surface area contributed by atoms with Crippen LogP contribution in [0.2, 0.25) is 0 Å². The topological polar surface area (TPSA) is 9.23 Å². The van der Waals surface area contributed by atoms with Crippen LogP contribution in [-0.2, 0) is 0 Å². The van der Waals surface area contributed by atoms with Gasteiger partial charge >= 0.3 is 0 Å². The average molecular weight is 389 g/mol. The Balaban J connectivity index is 1.51. The second-order valence-corrected chi connectivity index (χ2v) is 8.59. The third-order valence-corrected chi connectivity index (χ3v) is 5.89. The molecule has 0 aliphatic heterocycles. The highest BCUT2D eigenvalue weighted by atomic mass is 32.2. The Morgan fingerprint density at radius 3 is 2.12 bits per heavy atom. The molecule has 0 saturated heterocycles. The van der Waals surface area contributed by atoms with Crippen LogP contribution in [0.5, 0.6) is 5.75 Å². The summed E-state index contributed by atoms with van der Waals surface area (Å²) in [6.45, 7) is 2.27. The summed E-state index contributed by atoms with van der Waals surface area (Å²) >= 11 is 7.03. The number of thioether (sulfide) groups is 1. The van der Waals surface area contributed by atoms with Crippen LogP contribution in [0.15, 0.2) is 42.5 Å². The molecule has 0 aromatic heterocycles. The lowest BCUT2D eigenvalue weighted by Crippen LogP contribution is -2.01. The van der Waals surface area contributed by atoms with Crippen molar-refractivity contribution in [2.45, 2.75) is 71.1 Å². The molecule has 0 atom stereocenters. The molecule has 0 saturated carbocycles. The molecular formula is C23H32OS2. The second-order valence-electron chi connectivity index (χ2n) is 6.89. The van der Waals surface area contributed by atoms with Crippen LogP contribution in [0.3, 0.4) is 0 Å². The Morgan fingerprint density at radius 2 is 1.42 bits per heavy atom. The number of hydrogen-bond acceptors (Lipinski definition) is 3. The van der Waals surface area contributed by atoms with Gasteiger partial charge in [-0.1, -0.05) is 107 Å². The summed E-state index contributed by atoms with van der Waals surface area (Å²) < 4.78 is 6.44. The van der Waals surface area contributed by atoms with E-state index < -0.39 is 0 Å². The summed E-state index contributed by atoms with van der Waals surface area (Å²) in [6.07, 6.45) is 13.7. The molecule has 2 rings (SSSR count). The smallest absolute Gasteiger partial charge is 0.225 e. The van der Waals surface area contributed by atoms with Crippen LogP contribution in [0.25, 0.3) is 10.8 Å². The van der Waals surface area contributed by atoms with Crippen LogP contribution in [0, 0.1) is 0 Å². The van der Waals surface area contributed by atoms with Gasteiger partial charge < -0.3 is 4.74 Å². The van der Waals surface area contributed by atoms with E-state index in [0.29, 0.717) is 4.38 Å². The summed E-state index contributed by atoms with van der Waals surface area (Å²) in [4.78, 5) is 0. The second kappa shape index (κ2) is 13.2. The molecule has 0 aliphatic carbocycles. The van der Waals surface area contributed by atoms with Crippen molar-refractivity contribution in [3.63, 3.8) is 0 Å². The maximum absolute atomic E-state index is 5.81. The molecule has 0 radical (unpaired) electrons. The van der Waals surface area contributed by atoms with Gasteiger partial charge in [-0.2, -0.15) is 0 Å². The zero-order valence-electron chi connectivity index (χ0n) is 16.0. The number of benzene rings is 2. The zero-order valence-corrected chi connectivity index (χ0v) is 17.7. The minimum absolute atomic E-state index is 0.635. The van der Waals surface area contributed by atoms with Gasteiger partial charge in [0.15, 0.2) is 0 Å². The zero-order chi connectivity index (χ0) is 18.5. The van der Waals surface area contributed by atoms with Crippen molar-refractivity contribution < 1.29 is 4.74 Å². The number of thiocarbonyl (C=S) groups is 1. The van der Waals surface area contributed by atoms with Gasteiger partial charge in [-0.25, -0.2) is 0 Å². The predicted molar refractivity (Wildman–Crippen MR) is 121 cm³/mol. The molecule has 0 aliphatic rings. The van der Waals surface area contributed by atoms with E-state index in [1.165, 1.54) is 75.0 Å². The van der Waals surface area contributed by atoms with Crippen LogP contribution >= 0.6 is 24.0 Å². The molecule has 0 N–H and O–H groups in total. The maximum atomic E-state index is 5.81. The Labute approximate surface area is 168 Å². The molecule has 0 unspecified atom stereocenters. The van der Waals surface area contributed by atoms with Crippen LogP contribution < -0.4 is 4.74 Å². The van der Waals surface area contributed by atoms with E-state index >= 15 is 0 Å². The average Bonchev–Trinajstić information content (AvgIpc) is 2.66. The van der Waals surface area contributed by atoms with Crippen molar-refractivity contribution in [2.24, 2.45) is 0 Å². The molecule has 2 aromatic rings. The van der Waals surface area contributed by atoms with E-state index in [4.69, 9.17) is 17.0 Å². The van der Waals surface area contributed by atoms with Crippen LogP contribution in [-0.4, -0.2) is 10.1 Å². The minimum atomic E-state index is 0.635. The van der Waals surface area contributed by atoms with Crippen molar-refractivity contribution in [1.82, 2.24) is 0 Å². The lowest BCUT2D eigenvalue weighted by Gasteiger charge is -2.07. The van der Waals surface area contributed by atoms with Crippen molar-refractivity contribution >= 4 is 39.1 Å². The van der Waals surface area contributed by atoms with E-state index in [1.807, 2.05) is 12.1 Å². The predicted octanol–water partition coefficient (Wildman–Crippen LogP) is 8.16. The van der Waals surface area contributed by atoms with E-state index in [2.05, 4.69) is 37.3 Å². The number of unbranched alkanes of at least 4 members (excludes halogenated alkanes) is 9. The fourth-order valence-electron chi connectivity index (χ4n) is 3.10. The number of fused-ring (bicyclic) bond motifs is 1. The van der Waals surface area contributed by atoms with Gasteiger partial charge in [-0.3, -0.25) is 0 Å². The maximum Gasteiger partial charge on any atom is 0.225 e. The molecular weight excluding hydrogens is 356 g/mol. The van der Waals surface area contributed by atoms with Gasteiger partial charge in [-0.15, -0.1) is 0 Å². The largest absolute Gasteiger partial charge is 0.440 e. The molecule has 0 fully saturated rings. The molecule has 0 bridgehead atoms. The Bertz CT molecular complexity index is 653. The van der Waals surface area contributed by atoms with Crippen molar-refractivity contribution in [2.75, 3.05) is 5.75 Å². The van der Waals surface area contributed by atoms with Gasteiger partial charge in [0.2, 0.25) is 4.38 Å². The molecule has 0 amide bonds. The van der Waals surface area contributed by atoms with Gasteiger partial charge in [-0.05, 0) is 41.5 Å². The SMILES string of the molecule is CCCCCCCCCCCCSC(=S)Oc1ccc2ccccc2c1. The first-order valence-corrected chi connectivity index (χ1v) is 11.5. The van der Waals surface area contributed by atoms with Gasteiger partial charge in [0.05, 0.1) is 0 Å². The summed E-state index contributed by atoms with van der Waals surface area (Å²) in [5.74, 6) is 1.90. The van der Waals surface area contributed by atoms with Gasteiger partial charge in [0.1, 0.15) is 5.75 Å². The van der Waals surface area contributed by atoms with E-state index in [1.54, 1.807) is 11.8 Å². The normalized spacial score (nSPS) is 11.0. The summed E-state index contributed by atoms with van der Waals surface area (Å²) in [6, 6.07) is 14.4. The first-order chi connectivity index (χ1) is 12.8. The standard InChI is InChI=1S/C23H32OS2/c1-2-3-4-5-6-7-8-9-10-13-18-26-23(25)24-22-17-16-20-14-11-12-15-21(20)19-22/h11-12,14-17,19H,2-10,13,18H2,1H3. The molecule has 26 heavy (non-hydrogen) atoms. The van der Waals surface area contributed by atoms with Crippen molar-refractivity contribution in [1.29, 1.82) is 0 Å². The fraction of sp³-hybridized carbons (Fsp3) is 0.522. The molecule has 0 spiro atoms. The molecule has 142 valence electrons. The highest BCUT2D eigenvalue weighted by Crippen LogP contribution is 2.22. The Morgan fingerprint density at radius 1 is 0.808 bits per heavy atom. The van der Waals surface area contributed by atoms with Crippen molar-refractivity contribution in [3.05, 3.63) is 42.5 Å². The van der Waals surface area contributed by atoms with Gasteiger partial charge in [0.25, 0.3) is 0 Å². The Kier molecular flexibility index (Phi) is 10.8. The van der Waals surface area contributed by atoms with Crippen LogP contribution in [0.4, 0.5) is 0 Å². The molecule has 2 aromatic carbocycles. The minimum Gasteiger partial charge on any atom is -0.440 e. The number of hydrogen-bond donors (Lipinski definition) is 0.